The molecule has 0 radical (unpaired) electrons. The Labute approximate surface area is 113 Å². The first-order valence-corrected chi connectivity index (χ1v) is 8.12. The van der Waals surface area contributed by atoms with Gasteiger partial charge in [-0.25, -0.2) is 12.8 Å². The number of alkyl halides is 1. The Hall–Kier alpha value is -0.610. The third-order valence-electron chi connectivity index (χ3n) is 2.80. The van der Waals surface area contributed by atoms with Crippen LogP contribution in [0.25, 0.3) is 0 Å². The van der Waals surface area contributed by atoms with E-state index < -0.39 is 20.5 Å². The normalized spacial score (nSPS) is 16.3. The summed E-state index contributed by atoms with van der Waals surface area (Å²) in [5.41, 5.74) is -0.614. The van der Waals surface area contributed by atoms with Crippen LogP contribution in [0.1, 0.15) is 38.8 Å². The zero-order valence-corrected chi connectivity index (χ0v) is 12.6. The standard InChI is InChI=1S/C13H18ClFO2S/c1-12(2,3)10-5-7-11(8-6-10)13(4,15)9-18(14,16)17/h5-8H,9H2,1-4H3. The molecule has 0 saturated carbocycles. The highest BCUT2D eigenvalue weighted by Gasteiger charge is 2.31. The van der Waals surface area contributed by atoms with Gasteiger partial charge in [-0.15, -0.1) is 0 Å². The van der Waals surface area contributed by atoms with Gasteiger partial charge in [0.25, 0.3) is 0 Å². The van der Waals surface area contributed by atoms with Gasteiger partial charge in [-0.05, 0) is 23.5 Å². The summed E-state index contributed by atoms with van der Waals surface area (Å²) in [6.45, 7) is 7.39. The lowest BCUT2D eigenvalue weighted by atomic mass is 9.85. The maximum Gasteiger partial charge on any atom is 0.236 e. The number of hydrogen-bond acceptors (Lipinski definition) is 2. The van der Waals surface area contributed by atoms with Crippen molar-refractivity contribution >= 4 is 19.7 Å². The molecule has 0 saturated heterocycles. The predicted octanol–water partition coefficient (Wildman–Crippen LogP) is 3.74. The summed E-state index contributed by atoms with van der Waals surface area (Å²) < 4.78 is 36.2. The molecule has 1 unspecified atom stereocenters. The van der Waals surface area contributed by atoms with E-state index in [0.29, 0.717) is 5.56 Å². The third kappa shape index (κ3) is 4.25. The second-order valence-corrected chi connectivity index (χ2v) is 8.48. The van der Waals surface area contributed by atoms with E-state index in [2.05, 4.69) is 20.8 Å². The number of hydrogen-bond donors (Lipinski definition) is 0. The largest absolute Gasteiger partial charge is 0.238 e. The fourth-order valence-electron chi connectivity index (χ4n) is 1.72. The minimum Gasteiger partial charge on any atom is -0.238 e. The van der Waals surface area contributed by atoms with Gasteiger partial charge in [0.15, 0.2) is 0 Å². The highest BCUT2D eigenvalue weighted by molar-refractivity contribution is 8.13. The van der Waals surface area contributed by atoms with E-state index in [9.17, 15) is 12.8 Å². The summed E-state index contributed by atoms with van der Waals surface area (Å²) in [6.07, 6.45) is 0. The Morgan fingerprint density at radius 3 is 1.78 bits per heavy atom. The molecule has 18 heavy (non-hydrogen) atoms. The molecule has 1 aromatic rings. The lowest BCUT2D eigenvalue weighted by Crippen LogP contribution is -2.24. The van der Waals surface area contributed by atoms with Gasteiger partial charge in [0.05, 0.1) is 0 Å². The second kappa shape index (κ2) is 4.82. The van der Waals surface area contributed by atoms with Crippen LogP contribution in [-0.4, -0.2) is 14.2 Å². The zero-order valence-electron chi connectivity index (χ0n) is 11.0. The average Bonchev–Trinajstić information content (AvgIpc) is 2.13. The number of rotatable bonds is 3. The summed E-state index contributed by atoms with van der Waals surface area (Å²) in [4.78, 5) is 0. The van der Waals surface area contributed by atoms with Gasteiger partial charge < -0.3 is 0 Å². The van der Waals surface area contributed by atoms with Gasteiger partial charge in [0.2, 0.25) is 9.05 Å². The first kappa shape index (κ1) is 15.4. The first-order chi connectivity index (χ1) is 7.92. The summed E-state index contributed by atoms with van der Waals surface area (Å²) >= 11 is 0. The van der Waals surface area contributed by atoms with Crippen molar-refractivity contribution in [3.05, 3.63) is 35.4 Å². The van der Waals surface area contributed by atoms with E-state index in [1.807, 2.05) is 12.1 Å². The van der Waals surface area contributed by atoms with Crippen LogP contribution in [-0.2, 0) is 20.1 Å². The SMILES string of the molecule is CC(C)(C)c1ccc(C(C)(F)CS(=O)(=O)Cl)cc1. The Balaban J connectivity index is 3.05. The van der Waals surface area contributed by atoms with E-state index >= 15 is 0 Å². The Bertz CT molecular complexity index is 513. The Kier molecular flexibility index (Phi) is 4.13. The molecule has 0 aromatic heterocycles. The van der Waals surface area contributed by atoms with Crippen LogP contribution in [0.4, 0.5) is 4.39 Å². The molecule has 102 valence electrons. The molecule has 2 nitrogen and oxygen atoms in total. The van der Waals surface area contributed by atoms with Crippen LogP contribution in [0, 0.1) is 0 Å². The quantitative estimate of drug-likeness (QED) is 0.795. The van der Waals surface area contributed by atoms with Gasteiger partial charge >= 0.3 is 0 Å². The highest BCUT2D eigenvalue weighted by Crippen LogP contribution is 2.30. The smallest absolute Gasteiger partial charge is 0.236 e. The molecule has 0 N–H and O–H groups in total. The fraction of sp³-hybridized carbons (Fsp3) is 0.538. The van der Waals surface area contributed by atoms with Crippen molar-refractivity contribution in [3.8, 4) is 0 Å². The lowest BCUT2D eigenvalue weighted by molar-refractivity contribution is 0.225. The molecule has 0 amide bonds. The topological polar surface area (TPSA) is 34.1 Å². The summed E-state index contributed by atoms with van der Waals surface area (Å²) in [7, 11) is 1.23. The molecule has 0 bridgehead atoms. The van der Waals surface area contributed by atoms with Gasteiger partial charge in [0, 0.05) is 10.7 Å². The first-order valence-electron chi connectivity index (χ1n) is 5.64. The molecule has 0 fully saturated rings. The van der Waals surface area contributed by atoms with Crippen LogP contribution in [0.15, 0.2) is 24.3 Å². The Morgan fingerprint density at radius 1 is 1.06 bits per heavy atom. The molecule has 1 rings (SSSR count). The van der Waals surface area contributed by atoms with E-state index in [0.717, 1.165) is 5.56 Å². The molecule has 1 aromatic carbocycles. The van der Waals surface area contributed by atoms with E-state index in [-0.39, 0.29) is 5.41 Å². The van der Waals surface area contributed by atoms with E-state index in [1.165, 1.54) is 6.92 Å². The van der Waals surface area contributed by atoms with Crippen LogP contribution in [0.2, 0.25) is 0 Å². The van der Waals surface area contributed by atoms with Crippen LogP contribution in [0.5, 0.6) is 0 Å². The van der Waals surface area contributed by atoms with Crippen molar-refractivity contribution in [2.45, 2.75) is 38.8 Å². The third-order valence-corrected chi connectivity index (χ3v) is 4.01. The number of benzene rings is 1. The van der Waals surface area contributed by atoms with Gasteiger partial charge in [-0.1, -0.05) is 45.0 Å². The van der Waals surface area contributed by atoms with Crippen LogP contribution >= 0.6 is 10.7 Å². The fourth-order valence-corrected chi connectivity index (χ4v) is 3.15. The van der Waals surface area contributed by atoms with Crippen LogP contribution < -0.4 is 0 Å². The van der Waals surface area contributed by atoms with E-state index in [4.69, 9.17) is 10.7 Å². The van der Waals surface area contributed by atoms with Crippen molar-refractivity contribution in [2.24, 2.45) is 0 Å². The second-order valence-electron chi connectivity index (χ2n) is 5.71. The van der Waals surface area contributed by atoms with Crippen molar-refractivity contribution in [1.82, 2.24) is 0 Å². The van der Waals surface area contributed by atoms with Crippen molar-refractivity contribution < 1.29 is 12.8 Å². The van der Waals surface area contributed by atoms with Crippen LogP contribution in [0.3, 0.4) is 0 Å². The van der Waals surface area contributed by atoms with Crippen molar-refractivity contribution in [2.75, 3.05) is 5.75 Å². The number of halogens is 2. The minimum absolute atomic E-state index is 0.0240. The molecule has 0 heterocycles. The zero-order chi connectivity index (χ0) is 14.2. The van der Waals surface area contributed by atoms with E-state index in [1.54, 1.807) is 12.1 Å². The maximum atomic E-state index is 14.3. The minimum atomic E-state index is -3.87. The summed E-state index contributed by atoms with van der Waals surface area (Å²) in [6, 6.07) is 6.85. The maximum absolute atomic E-state index is 14.3. The molecule has 0 aliphatic rings. The molecule has 0 aliphatic heterocycles. The average molecular weight is 293 g/mol. The van der Waals surface area contributed by atoms with Gasteiger partial charge in [-0.2, -0.15) is 0 Å². The van der Waals surface area contributed by atoms with Crippen molar-refractivity contribution in [3.63, 3.8) is 0 Å². The summed E-state index contributed by atoms with van der Waals surface area (Å²) in [5, 5.41) is 0. The van der Waals surface area contributed by atoms with Gasteiger partial charge in [-0.3, -0.25) is 0 Å². The monoisotopic (exact) mass is 292 g/mol. The highest BCUT2D eigenvalue weighted by atomic mass is 35.7. The molecular weight excluding hydrogens is 275 g/mol. The Morgan fingerprint density at radius 2 is 1.44 bits per heavy atom. The van der Waals surface area contributed by atoms with Gasteiger partial charge in [0.1, 0.15) is 11.4 Å². The molecule has 0 spiro atoms. The predicted molar refractivity (Wildman–Crippen MR) is 73.2 cm³/mol. The molecule has 1 atom stereocenters. The molecule has 0 aliphatic carbocycles. The molecule has 5 heteroatoms. The molecular formula is C13H18ClFO2S. The lowest BCUT2D eigenvalue weighted by Gasteiger charge is -2.22. The van der Waals surface area contributed by atoms with Crippen molar-refractivity contribution in [1.29, 1.82) is 0 Å². The summed E-state index contributed by atoms with van der Waals surface area (Å²) in [5.74, 6) is -0.726.